The largest absolute Gasteiger partial charge is 0.494 e. The molecule has 0 amide bonds. The van der Waals surface area contributed by atoms with Gasteiger partial charge in [-0.05, 0) is 60.0 Å². The first-order chi connectivity index (χ1) is 15.7. The Labute approximate surface area is 188 Å². The second kappa shape index (κ2) is 10.4. The molecule has 1 aliphatic heterocycles. The van der Waals surface area contributed by atoms with Crippen molar-refractivity contribution in [2.45, 2.75) is 26.4 Å². The van der Waals surface area contributed by atoms with Crippen LogP contribution in [0.15, 0.2) is 89.6 Å². The van der Waals surface area contributed by atoms with Crippen LogP contribution in [0.5, 0.6) is 11.5 Å². The molecule has 0 aliphatic carbocycles. The minimum atomic E-state index is -0.465. The number of nitrogens with zero attached hydrogens (tertiary/aromatic N) is 1. The molecule has 0 spiro atoms. The second-order valence-corrected chi connectivity index (χ2v) is 7.41. The molecule has 32 heavy (non-hydrogen) atoms. The van der Waals surface area contributed by atoms with Crippen molar-refractivity contribution in [1.29, 1.82) is 0 Å². The Morgan fingerprint density at radius 2 is 1.56 bits per heavy atom. The molecular weight excluding hydrogens is 402 g/mol. The summed E-state index contributed by atoms with van der Waals surface area (Å²) in [5.41, 5.74) is 2.94. The van der Waals surface area contributed by atoms with E-state index in [2.05, 4.69) is 11.9 Å². The summed E-state index contributed by atoms with van der Waals surface area (Å²) in [6.07, 6.45) is 3.81. The maximum Gasteiger partial charge on any atom is 0.363 e. The standard InChI is InChI=1S/C27H25NO4/c1-2-3-17-30-23-15-11-22(12-16-23)26-28-25(27(29)32-26)18-20-9-13-24(14-10-20)31-19-21-7-5-4-6-8-21/h4-16,18H,2-3,17,19H2,1H3/b25-18-. The summed E-state index contributed by atoms with van der Waals surface area (Å²) in [5, 5.41) is 0. The molecule has 0 radical (unpaired) electrons. The highest BCUT2D eigenvalue weighted by molar-refractivity contribution is 6.12. The second-order valence-electron chi connectivity index (χ2n) is 7.41. The van der Waals surface area contributed by atoms with E-state index in [1.54, 1.807) is 6.08 Å². The third kappa shape index (κ3) is 5.64. The van der Waals surface area contributed by atoms with Crippen molar-refractivity contribution >= 4 is 17.9 Å². The minimum Gasteiger partial charge on any atom is -0.494 e. The smallest absolute Gasteiger partial charge is 0.363 e. The van der Waals surface area contributed by atoms with E-state index in [9.17, 15) is 4.79 Å². The number of hydrogen-bond donors (Lipinski definition) is 0. The van der Waals surface area contributed by atoms with Crippen molar-refractivity contribution < 1.29 is 19.0 Å². The summed E-state index contributed by atoms with van der Waals surface area (Å²) >= 11 is 0. The van der Waals surface area contributed by atoms with Gasteiger partial charge in [-0.25, -0.2) is 9.79 Å². The van der Waals surface area contributed by atoms with Crippen LogP contribution in [0.3, 0.4) is 0 Å². The Kier molecular flexibility index (Phi) is 6.98. The van der Waals surface area contributed by atoms with Crippen LogP contribution in [0.2, 0.25) is 0 Å². The predicted octanol–water partition coefficient (Wildman–Crippen LogP) is 5.79. The van der Waals surface area contributed by atoms with Gasteiger partial charge in [0.2, 0.25) is 5.90 Å². The van der Waals surface area contributed by atoms with Gasteiger partial charge < -0.3 is 14.2 Å². The summed E-state index contributed by atoms with van der Waals surface area (Å²) < 4.78 is 16.8. The lowest BCUT2D eigenvalue weighted by Gasteiger charge is -2.06. The quantitative estimate of drug-likeness (QED) is 0.246. The molecule has 5 nitrogen and oxygen atoms in total. The lowest BCUT2D eigenvalue weighted by atomic mass is 10.2. The topological polar surface area (TPSA) is 57.1 Å². The van der Waals surface area contributed by atoms with Crippen LogP contribution in [-0.4, -0.2) is 18.5 Å². The van der Waals surface area contributed by atoms with Gasteiger partial charge in [-0.3, -0.25) is 0 Å². The zero-order valence-electron chi connectivity index (χ0n) is 18.0. The van der Waals surface area contributed by atoms with Gasteiger partial charge in [0.05, 0.1) is 6.61 Å². The molecular formula is C27H25NO4. The number of ether oxygens (including phenoxy) is 3. The van der Waals surface area contributed by atoms with E-state index in [-0.39, 0.29) is 5.70 Å². The molecule has 0 bridgehead atoms. The maximum atomic E-state index is 12.3. The van der Waals surface area contributed by atoms with Gasteiger partial charge in [-0.1, -0.05) is 55.8 Å². The van der Waals surface area contributed by atoms with Crippen molar-refractivity contribution in [2.24, 2.45) is 4.99 Å². The fourth-order valence-electron chi connectivity index (χ4n) is 3.12. The van der Waals surface area contributed by atoms with E-state index >= 15 is 0 Å². The molecule has 1 aliphatic rings. The fourth-order valence-corrected chi connectivity index (χ4v) is 3.12. The lowest BCUT2D eigenvalue weighted by Crippen LogP contribution is -2.05. The minimum absolute atomic E-state index is 0.265. The molecule has 0 saturated heterocycles. The Morgan fingerprint density at radius 1 is 0.875 bits per heavy atom. The van der Waals surface area contributed by atoms with Gasteiger partial charge in [0.15, 0.2) is 5.70 Å². The third-order valence-electron chi connectivity index (χ3n) is 4.92. The molecule has 0 unspecified atom stereocenters. The zero-order chi connectivity index (χ0) is 22.2. The Hall–Kier alpha value is -3.86. The van der Waals surface area contributed by atoms with Gasteiger partial charge in [-0.15, -0.1) is 0 Å². The van der Waals surface area contributed by atoms with E-state index in [1.165, 1.54) is 0 Å². The number of carbonyl (C=O) groups is 1. The highest BCUT2D eigenvalue weighted by Crippen LogP contribution is 2.22. The van der Waals surface area contributed by atoms with Gasteiger partial charge in [0.25, 0.3) is 0 Å². The molecule has 0 N–H and O–H groups in total. The number of hydrogen-bond acceptors (Lipinski definition) is 5. The van der Waals surface area contributed by atoms with Crippen molar-refractivity contribution in [2.75, 3.05) is 6.61 Å². The summed E-state index contributed by atoms with van der Waals surface area (Å²) in [6, 6.07) is 24.9. The van der Waals surface area contributed by atoms with Crippen LogP contribution in [0.1, 0.15) is 36.5 Å². The van der Waals surface area contributed by atoms with E-state index in [1.807, 2.05) is 78.9 Å². The van der Waals surface area contributed by atoms with E-state index in [0.29, 0.717) is 19.1 Å². The van der Waals surface area contributed by atoms with Gasteiger partial charge in [0, 0.05) is 5.56 Å². The van der Waals surface area contributed by atoms with Crippen LogP contribution in [0.25, 0.3) is 6.08 Å². The van der Waals surface area contributed by atoms with E-state index in [0.717, 1.165) is 41.0 Å². The first kappa shape index (κ1) is 21.4. The fraction of sp³-hybridized carbons (Fsp3) is 0.185. The van der Waals surface area contributed by atoms with Crippen molar-refractivity contribution in [1.82, 2.24) is 0 Å². The summed E-state index contributed by atoms with van der Waals surface area (Å²) in [6.45, 7) is 3.32. The van der Waals surface area contributed by atoms with Crippen LogP contribution >= 0.6 is 0 Å². The van der Waals surface area contributed by atoms with Gasteiger partial charge >= 0.3 is 5.97 Å². The molecule has 4 rings (SSSR count). The number of aliphatic imine (C=N–C) groups is 1. The van der Waals surface area contributed by atoms with E-state index in [4.69, 9.17) is 14.2 Å². The lowest BCUT2D eigenvalue weighted by molar-refractivity contribution is -0.129. The van der Waals surface area contributed by atoms with Gasteiger partial charge in [0.1, 0.15) is 18.1 Å². The average molecular weight is 428 g/mol. The highest BCUT2D eigenvalue weighted by Gasteiger charge is 2.24. The number of esters is 1. The van der Waals surface area contributed by atoms with Gasteiger partial charge in [-0.2, -0.15) is 0 Å². The summed E-state index contributed by atoms with van der Waals surface area (Å²) in [7, 11) is 0. The number of carbonyl (C=O) groups excluding carboxylic acids is 1. The molecule has 3 aromatic rings. The number of rotatable bonds is 9. The van der Waals surface area contributed by atoms with Crippen molar-refractivity contribution in [3.8, 4) is 11.5 Å². The van der Waals surface area contributed by atoms with Crippen molar-refractivity contribution in [3.05, 3.63) is 101 Å². The normalized spacial score (nSPS) is 14.2. The molecule has 0 atom stereocenters. The summed E-state index contributed by atoms with van der Waals surface area (Å²) in [5.74, 6) is 1.38. The Morgan fingerprint density at radius 3 is 2.28 bits per heavy atom. The highest BCUT2D eigenvalue weighted by atomic mass is 16.6. The Bertz CT molecular complexity index is 1100. The molecule has 0 saturated carbocycles. The third-order valence-corrected chi connectivity index (χ3v) is 4.92. The zero-order valence-corrected chi connectivity index (χ0v) is 18.0. The molecule has 3 aromatic carbocycles. The van der Waals surface area contributed by atoms with Crippen molar-refractivity contribution in [3.63, 3.8) is 0 Å². The molecule has 162 valence electrons. The van der Waals surface area contributed by atoms with Crippen LogP contribution in [0.4, 0.5) is 0 Å². The van der Waals surface area contributed by atoms with Crippen LogP contribution in [0, 0.1) is 0 Å². The molecule has 5 heteroatoms. The SMILES string of the molecule is CCCCOc1ccc(C2=N/C(=C\c3ccc(OCc4ccccc4)cc3)C(=O)O2)cc1. The molecule has 0 aromatic heterocycles. The Balaban J connectivity index is 1.39. The number of benzene rings is 3. The first-order valence-electron chi connectivity index (χ1n) is 10.7. The average Bonchev–Trinajstić information content (AvgIpc) is 3.20. The molecule has 1 heterocycles. The van der Waals surface area contributed by atoms with Crippen LogP contribution < -0.4 is 9.47 Å². The number of cyclic esters (lactones) is 1. The maximum absolute atomic E-state index is 12.3. The summed E-state index contributed by atoms with van der Waals surface area (Å²) in [4.78, 5) is 16.6. The number of unbranched alkanes of at least 4 members (excludes halogenated alkanes) is 1. The van der Waals surface area contributed by atoms with Crippen LogP contribution in [-0.2, 0) is 16.1 Å². The first-order valence-corrected chi connectivity index (χ1v) is 10.7. The predicted molar refractivity (Wildman–Crippen MR) is 125 cm³/mol. The molecule has 0 fully saturated rings. The monoisotopic (exact) mass is 427 g/mol. The van der Waals surface area contributed by atoms with E-state index < -0.39 is 5.97 Å².